The maximum absolute atomic E-state index is 13.4. The number of aromatic nitrogens is 3. The number of sulfonamides is 1. The molecule has 1 fully saturated rings. The van der Waals surface area contributed by atoms with E-state index in [2.05, 4.69) is 10.3 Å². The van der Waals surface area contributed by atoms with Gasteiger partial charge in [0.25, 0.3) is 0 Å². The zero-order valence-corrected chi connectivity index (χ0v) is 15.8. The molecule has 0 unspecified atom stereocenters. The van der Waals surface area contributed by atoms with Crippen LogP contribution in [0.1, 0.15) is 24.2 Å². The van der Waals surface area contributed by atoms with Gasteiger partial charge in [-0.1, -0.05) is 11.3 Å². The van der Waals surface area contributed by atoms with Gasteiger partial charge >= 0.3 is 0 Å². The van der Waals surface area contributed by atoms with E-state index in [0.717, 1.165) is 17.5 Å². The lowest BCUT2D eigenvalue weighted by atomic mass is 9.91. The predicted molar refractivity (Wildman–Crippen MR) is 92.6 cm³/mol. The van der Waals surface area contributed by atoms with Crippen molar-refractivity contribution in [1.82, 2.24) is 19.3 Å². The molecule has 2 aliphatic heterocycles. The summed E-state index contributed by atoms with van der Waals surface area (Å²) >= 11 is 0. The summed E-state index contributed by atoms with van der Waals surface area (Å²) in [5, 5.41) is 8.32. The van der Waals surface area contributed by atoms with E-state index >= 15 is 0 Å². The second-order valence-electron chi connectivity index (χ2n) is 6.91. The summed E-state index contributed by atoms with van der Waals surface area (Å²) in [5.41, 5.74) is 1.20. The summed E-state index contributed by atoms with van der Waals surface area (Å²) in [6.45, 7) is 1.92. The molecular weight excluding hydrogens is 375 g/mol. The fourth-order valence-electron chi connectivity index (χ4n) is 3.66. The summed E-state index contributed by atoms with van der Waals surface area (Å²) in [4.78, 5) is -0.0224. The van der Waals surface area contributed by atoms with Crippen molar-refractivity contribution < 1.29 is 22.3 Å². The summed E-state index contributed by atoms with van der Waals surface area (Å²) < 4.78 is 53.4. The van der Waals surface area contributed by atoms with E-state index in [9.17, 15) is 12.8 Å². The Labute approximate surface area is 156 Å². The SMILES string of the molecule is COCc1nnn2c1COC1(CCN(S(=O)(=O)c3cccc(F)c3)CC1)C2. The van der Waals surface area contributed by atoms with Gasteiger partial charge in [0.1, 0.15) is 11.5 Å². The van der Waals surface area contributed by atoms with Crippen LogP contribution in [0, 0.1) is 5.82 Å². The van der Waals surface area contributed by atoms with Gasteiger partial charge in [0, 0.05) is 20.2 Å². The fourth-order valence-corrected chi connectivity index (χ4v) is 5.13. The number of ether oxygens (including phenoxy) is 2. The first kappa shape index (κ1) is 18.5. The van der Waals surface area contributed by atoms with Gasteiger partial charge in [-0.05, 0) is 31.0 Å². The number of piperidine rings is 1. The van der Waals surface area contributed by atoms with Crippen molar-refractivity contribution >= 4 is 10.0 Å². The summed E-state index contributed by atoms with van der Waals surface area (Å²) in [5.74, 6) is -0.564. The van der Waals surface area contributed by atoms with Gasteiger partial charge in [-0.3, -0.25) is 0 Å². The van der Waals surface area contributed by atoms with Crippen LogP contribution in [0.2, 0.25) is 0 Å². The number of fused-ring (bicyclic) bond motifs is 1. The highest BCUT2D eigenvalue weighted by Crippen LogP contribution is 2.35. The number of hydrogen-bond donors (Lipinski definition) is 0. The smallest absolute Gasteiger partial charge is 0.243 e. The van der Waals surface area contributed by atoms with Crippen molar-refractivity contribution in [2.45, 2.75) is 43.1 Å². The molecule has 2 aliphatic rings. The third-order valence-electron chi connectivity index (χ3n) is 5.22. The van der Waals surface area contributed by atoms with Crippen molar-refractivity contribution in [3.8, 4) is 0 Å². The third kappa shape index (κ3) is 3.38. The van der Waals surface area contributed by atoms with E-state index in [4.69, 9.17) is 9.47 Å². The van der Waals surface area contributed by atoms with Gasteiger partial charge in [0.05, 0.1) is 35.9 Å². The second kappa shape index (κ2) is 6.93. The minimum Gasteiger partial charge on any atom is -0.378 e. The lowest BCUT2D eigenvalue weighted by molar-refractivity contribution is -0.117. The normalized spacial score (nSPS) is 19.9. The topological polar surface area (TPSA) is 86.6 Å². The first-order valence-corrected chi connectivity index (χ1v) is 10.2. The van der Waals surface area contributed by atoms with Crippen molar-refractivity contribution in [3.63, 3.8) is 0 Å². The predicted octanol–water partition coefficient (Wildman–Crippen LogP) is 1.32. The Hall–Kier alpha value is -1.88. The van der Waals surface area contributed by atoms with E-state index in [1.807, 2.05) is 4.68 Å². The van der Waals surface area contributed by atoms with Gasteiger partial charge in [-0.25, -0.2) is 17.5 Å². The van der Waals surface area contributed by atoms with Crippen LogP contribution in [0.25, 0.3) is 0 Å². The van der Waals surface area contributed by atoms with Crippen LogP contribution in [0.4, 0.5) is 4.39 Å². The molecule has 146 valence electrons. The molecule has 1 aromatic carbocycles. The molecule has 0 atom stereocenters. The number of hydrogen-bond acceptors (Lipinski definition) is 6. The van der Waals surface area contributed by atoms with Crippen LogP contribution in [0.3, 0.4) is 0 Å². The lowest BCUT2D eigenvalue weighted by Crippen LogP contribution is -2.52. The van der Waals surface area contributed by atoms with Crippen molar-refractivity contribution in [1.29, 1.82) is 0 Å². The van der Waals surface area contributed by atoms with Crippen LogP contribution in [-0.2, 0) is 39.3 Å². The number of methoxy groups -OCH3 is 1. The molecule has 0 bridgehead atoms. The highest BCUT2D eigenvalue weighted by atomic mass is 32.2. The molecule has 27 heavy (non-hydrogen) atoms. The van der Waals surface area contributed by atoms with Gasteiger partial charge in [0.15, 0.2) is 0 Å². The molecule has 1 spiro atoms. The van der Waals surface area contributed by atoms with E-state index < -0.39 is 21.4 Å². The van der Waals surface area contributed by atoms with Crippen LogP contribution in [0.5, 0.6) is 0 Å². The summed E-state index contributed by atoms with van der Waals surface area (Å²) in [7, 11) is -2.11. The maximum Gasteiger partial charge on any atom is 0.243 e. The van der Waals surface area contributed by atoms with Gasteiger partial charge < -0.3 is 9.47 Å². The summed E-state index contributed by atoms with van der Waals surface area (Å²) in [6, 6.07) is 5.10. The molecule has 8 nitrogen and oxygen atoms in total. The molecule has 3 heterocycles. The van der Waals surface area contributed by atoms with E-state index in [1.165, 1.54) is 22.5 Å². The Morgan fingerprint density at radius 1 is 1.33 bits per heavy atom. The quantitative estimate of drug-likeness (QED) is 0.775. The van der Waals surface area contributed by atoms with Crippen LogP contribution >= 0.6 is 0 Å². The number of benzene rings is 1. The molecule has 0 radical (unpaired) electrons. The molecule has 1 aromatic heterocycles. The Kier molecular flexibility index (Phi) is 4.75. The molecule has 1 saturated heterocycles. The minimum atomic E-state index is -3.72. The molecular formula is C17H21FN4O4S. The number of halogens is 1. The van der Waals surface area contributed by atoms with E-state index in [0.29, 0.717) is 45.7 Å². The highest BCUT2D eigenvalue weighted by molar-refractivity contribution is 7.89. The highest BCUT2D eigenvalue weighted by Gasteiger charge is 2.43. The van der Waals surface area contributed by atoms with Gasteiger partial charge in [-0.2, -0.15) is 4.31 Å². The largest absolute Gasteiger partial charge is 0.378 e. The third-order valence-corrected chi connectivity index (χ3v) is 7.11. The van der Waals surface area contributed by atoms with E-state index in [-0.39, 0.29) is 4.90 Å². The Morgan fingerprint density at radius 2 is 2.11 bits per heavy atom. The molecule has 0 aliphatic carbocycles. The van der Waals surface area contributed by atoms with Crippen LogP contribution in [-0.4, -0.2) is 53.5 Å². The van der Waals surface area contributed by atoms with Crippen molar-refractivity contribution in [2.75, 3.05) is 20.2 Å². The van der Waals surface area contributed by atoms with Crippen LogP contribution in [0.15, 0.2) is 29.2 Å². The Bertz CT molecular complexity index is 938. The number of nitrogens with zero attached hydrogens (tertiary/aromatic N) is 4. The molecule has 0 amide bonds. The first-order valence-electron chi connectivity index (χ1n) is 8.73. The molecule has 0 N–H and O–H groups in total. The zero-order chi connectivity index (χ0) is 19.1. The molecule has 10 heteroatoms. The maximum atomic E-state index is 13.4. The summed E-state index contributed by atoms with van der Waals surface area (Å²) in [6.07, 6.45) is 1.08. The Balaban J connectivity index is 1.47. The van der Waals surface area contributed by atoms with Crippen molar-refractivity contribution in [2.24, 2.45) is 0 Å². The van der Waals surface area contributed by atoms with Gasteiger partial charge in [-0.15, -0.1) is 5.10 Å². The molecule has 0 saturated carbocycles. The fraction of sp³-hybridized carbons (Fsp3) is 0.529. The monoisotopic (exact) mass is 396 g/mol. The standard InChI is InChI=1S/C17H21FN4O4S/c1-25-10-15-16-11-26-17(12-22(16)20-19-15)5-7-21(8-6-17)27(23,24)14-4-2-3-13(18)9-14/h2-4,9H,5-8,10-12H2,1H3. The zero-order valence-electron chi connectivity index (χ0n) is 15.0. The number of rotatable bonds is 4. The minimum absolute atomic E-state index is 0.0224. The van der Waals surface area contributed by atoms with Crippen LogP contribution < -0.4 is 0 Å². The Morgan fingerprint density at radius 3 is 2.81 bits per heavy atom. The average molecular weight is 396 g/mol. The molecule has 4 rings (SSSR count). The van der Waals surface area contributed by atoms with Gasteiger partial charge in [0.2, 0.25) is 10.0 Å². The molecule has 2 aromatic rings. The average Bonchev–Trinajstić information content (AvgIpc) is 3.04. The lowest BCUT2D eigenvalue weighted by Gasteiger charge is -2.43. The first-order chi connectivity index (χ1) is 12.9. The van der Waals surface area contributed by atoms with E-state index in [1.54, 1.807) is 7.11 Å². The van der Waals surface area contributed by atoms with Crippen molar-refractivity contribution in [3.05, 3.63) is 41.5 Å². The second-order valence-corrected chi connectivity index (χ2v) is 8.84.